The number of carbonyl (C=O) groups excluding carboxylic acids is 1. The highest BCUT2D eigenvalue weighted by molar-refractivity contribution is 5.91. The predicted octanol–water partition coefficient (Wildman–Crippen LogP) is 3.48. The van der Waals surface area contributed by atoms with E-state index in [1.165, 1.54) is 36.5 Å². The molecule has 1 saturated carbocycles. The average molecular weight is 267 g/mol. The molecule has 0 aromatic heterocycles. The number of Topliss-reactive ketones (excluding diaryl/α,β-unsaturated/α-hetero) is 1. The van der Waals surface area contributed by atoms with Gasteiger partial charge in [0, 0.05) is 12.5 Å². The first kappa shape index (κ1) is 13.3. The van der Waals surface area contributed by atoms with Gasteiger partial charge in [-0.2, -0.15) is 0 Å². The lowest BCUT2D eigenvalue weighted by Crippen LogP contribution is -2.32. The lowest BCUT2D eigenvalue weighted by Gasteiger charge is -2.11. The number of hydrogen-bond donors (Lipinski definition) is 1. The summed E-state index contributed by atoms with van der Waals surface area (Å²) in [6.07, 6.45) is 5.58. The molecule has 20 heavy (non-hydrogen) atoms. The Labute approximate surface area is 120 Å². The highest BCUT2D eigenvalue weighted by atomic mass is 16.1. The first-order valence-electron chi connectivity index (χ1n) is 7.54. The summed E-state index contributed by atoms with van der Waals surface area (Å²) in [6, 6.07) is 15.0. The van der Waals surface area contributed by atoms with Crippen LogP contribution in [0.15, 0.2) is 42.5 Å². The first-order chi connectivity index (χ1) is 9.83. The summed E-state index contributed by atoms with van der Waals surface area (Å²) in [5, 5.41) is 5.81. The maximum absolute atomic E-state index is 12.2. The van der Waals surface area contributed by atoms with Crippen LogP contribution in [0, 0.1) is 0 Å². The second-order valence-electron chi connectivity index (χ2n) is 5.72. The minimum absolute atomic E-state index is 0.285. The van der Waals surface area contributed by atoms with Gasteiger partial charge < -0.3 is 5.32 Å². The number of ketones is 1. The number of hydrogen-bond acceptors (Lipinski definition) is 2. The minimum Gasteiger partial charge on any atom is -0.307 e. The molecular weight excluding hydrogens is 246 g/mol. The molecule has 2 aromatic rings. The van der Waals surface area contributed by atoms with Crippen molar-refractivity contribution in [1.29, 1.82) is 0 Å². The third-order valence-corrected chi connectivity index (χ3v) is 4.21. The molecule has 0 unspecified atom stereocenters. The Morgan fingerprint density at radius 3 is 2.65 bits per heavy atom. The number of rotatable bonds is 5. The number of nitrogens with one attached hydrogen (secondary N) is 1. The van der Waals surface area contributed by atoms with E-state index in [2.05, 4.69) is 29.6 Å². The van der Waals surface area contributed by atoms with E-state index in [9.17, 15) is 4.79 Å². The topological polar surface area (TPSA) is 29.1 Å². The van der Waals surface area contributed by atoms with E-state index in [0.717, 1.165) is 5.56 Å². The smallest absolute Gasteiger partial charge is 0.150 e. The SMILES string of the molecule is O=C(CNC1CCCC1)Cc1cccc2ccccc12. The molecule has 1 aliphatic carbocycles. The van der Waals surface area contributed by atoms with Crippen LogP contribution in [0.25, 0.3) is 10.8 Å². The van der Waals surface area contributed by atoms with Gasteiger partial charge in [-0.05, 0) is 29.2 Å². The lowest BCUT2D eigenvalue weighted by atomic mass is 10.0. The van der Waals surface area contributed by atoms with E-state index in [0.29, 0.717) is 19.0 Å². The van der Waals surface area contributed by atoms with Crippen molar-refractivity contribution in [1.82, 2.24) is 5.32 Å². The zero-order valence-electron chi connectivity index (χ0n) is 11.8. The molecule has 1 fully saturated rings. The molecule has 0 saturated heterocycles. The molecule has 104 valence electrons. The molecule has 1 aliphatic rings. The normalized spacial score (nSPS) is 15.8. The van der Waals surface area contributed by atoms with Crippen molar-refractivity contribution in [2.45, 2.75) is 38.1 Å². The van der Waals surface area contributed by atoms with Crippen LogP contribution < -0.4 is 5.32 Å². The summed E-state index contributed by atoms with van der Waals surface area (Å²) >= 11 is 0. The third kappa shape index (κ3) is 3.07. The minimum atomic E-state index is 0.285. The first-order valence-corrected chi connectivity index (χ1v) is 7.54. The monoisotopic (exact) mass is 267 g/mol. The van der Waals surface area contributed by atoms with Gasteiger partial charge in [-0.25, -0.2) is 0 Å². The van der Waals surface area contributed by atoms with E-state index >= 15 is 0 Å². The van der Waals surface area contributed by atoms with Gasteiger partial charge in [0.05, 0.1) is 6.54 Å². The molecule has 3 rings (SSSR count). The van der Waals surface area contributed by atoms with Crippen molar-refractivity contribution < 1.29 is 4.79 Å². The summed E-state index contributed by atoms with van der Waals surface area (Å²) < 4.78 is 0. The molecule has 1 N–H and O–H groups in total. The van der Waals surface area contributed by atoms with Crippen molar-refractivity contribution in [2.24, 2.45) is 0 Å². The van der Waals surface area contributed by atoms with Gasteiger partial charge in [-0.3, -0.25) is 4.79 Å². The highest BCUT2D eigenvalue weighted by Crippen LogP contribution is 2.19. The van der Waals surface area contributed by atoms with Gasteiger partial charge in [0.1, 0.15) is 0 Å². The van der Waals surface area contributed by atoms with Crippen molar-refractivity contribution in [3.05, 3.63) is 48.0 Å². The van der Waals surface area contributed by atoms with Crippen LogP contribution in [0.3, 0.4) is 0 Å². The highest BCUT2D eigenvalue weighted by Gasteiger charge is 2.15. The van der Waals surface area contributed by atoms with Crippen LogP contribution in [0.5, 0.6) is 0 Å². The predicted molar refractivity (Wildman–Crippen MR) is 82.9 cm³/mol. The molecule has 2 aromatic carbocycles. The largest absolute Gasteiger partial charge is 0.307 e. The van der Waals surface area contributed by atoms with E-state index < -0.39 is 0 Å². The Morgan fingerprint density at radius 2 is 1.80 bits per heavy atom. The van der Waals surface area contributed by atoms with E-state index in [-0.39, 0.29) is 5.78 Å². The van der Waals surface area contributed by atoms with Crippen LogP contribution in [0.2, 0.25) is 0 Å². The Bertz CT molecular complexity index is 594. The van der Waals surface area contributed by atoms with Crippen LogP contribution in [0.4, 0.5) is 0 Å². The second kappa shape index (κ2) is 6.19. The maximum Gasteiger partial charge on any atom is 0.150 e. The number of carbonyl (C=O) groups is 1. The van der Waals surface area contributed by atoms with Gasteiger partial charge in [0.15, 0.2) is 5.78 Å². The van der Waals surface area contributed by atoms with E-state index in [1.54, 1.807) is 0 Å². The summed E-state index contributed by atoms with van der Waals surface area (Å²) in [7, 11) is 0. The average Bonchev–Trinajstić information content (AvgIpc) is 2.99. The van der Waals surface area contributed by atoms with E-state index in [1.807, 2.05) is 18.2 Å². The van der Waals surface area contributed by atoms with Crippen LogP contribution in [0.1, 0.15) is 31.2 Å². The molecule has 0 heterocycles. The molecule has 0 spiro atoms. The van der Waals surface area contributed by atoms with Crippen molar-refractivity contribution >= 4 is 16.6 Å². The van der Waals surface area contributed by atoms with Gasteiger partial charge >= 0.3 is 0 Å². The lowest BCUT2D eigenvalue weighted by molar-refractivity contribution is -0.117. The summed E-state index contributed by atoms with van der Waals surface area (Å²) in [5.41, 5.74) is 1.14. The van der Waals surface area contributed by atoms with Crippen LogP contribution >= 0.6 is 0 Å². The molecule has 0 radical (unpaired) electrons. The van der Waals surface area contributed by atoms with Crippen LogP contribution in [-0.4, -0.2) is 18.4 Å². The Hall–Kier alpha value is -1.67. The fourth-order valence-electron chi connectivity index (χ4n) is 3.11. The second-order valence-corrected chi connectivity index (χ2v) is 5.72. The van der Waals surface area contributed by atoms with Crippen molar-refractivity contribution in [3.8, 4) is 0 Å². The molecule has 2 nitrogen and oxygen atoms in total. The molecule has 2 heteroatoms. The van der Waals surface area contributed by atoms with Crippen molar-refractivity contribution in [3.63, 3.8) is 0 Å². The van der Waals surface area contributed by atoms with E-state index in [4.69, 9.17) is 0 Å². The Morgan fingerprint density at radius 1 is 1.05 bits per heavy atom. The maximum atomic E-state index is 12.2. The fourth-order valence-corrected chi connectivity index (χ4v) is 3.11. The van der Waals surface area contributed by atoms with Gasteiger partial charge in [0.2, 0.25) is 0 Å². The van der Waals surface area contributed by atoms with Gasteiger partial charge in [-0.15, -0.1) is 0 Å². The van der Waals surface area contributed by atoms with Crippen molar-refractivity contribution in [2.75, 3.05) is 6.54 Å². The molecule has 0 atom stereocenters. The quantitative estimate of drug-likeness (QED) is 0.898. The summed E-state index contributed by atoms with van der Waals surface area (Å²) in [5.74, 6) is 0.285. The Kier molecular flexibility index (Phi) is 4.12. The number of benzene rings is 2. The third-order valence-electron chi connectivity index (χ3n) is 4.21. The standard InChI is InChI=1S/C18H21NO/c20-17(13-19-16-9-2-3-10-16)12-15-8-5-7-14-6-1-4-11-18(14)15/h1,4-8,11,16,19H,2-3,9-10,12-13H2. The Balaban J connectivity index is 1.65. The zero-order chi connectivity index (χ0) is 13.8. The fraction of sp³-hybridized carbons (Fsp3) is 0.389. The summed E-state index contributed by atoms with van der Waals surface area (Å²) in [6.45, 7) is 0.508. The van der Waals surface area contributed by atoms with Gasteiger partial charge in [-0.1, -0.05) is 55.3 Å². The van der Waals surface area contributed by atoms with Gasteiger partial charge in [0.25, 0.3) is 0 Å². The summed E-state index contributed by atoms with van der Waals surface area (Å²) in [4.78, 5) is 12.2. The molecule has 0 aliphatic heterocycles. The molecular formula is C18H21NO. The van der Waals surface area contributed by atoms with Crippen LogP contribution in [-0.2, 0) is 11.2 Å². The molecule has 0 amide bonds. The number of fused-ring (bicyclic) bond motifs is 1. The zero-order valence-corrected chi connectivity index (χ0v) is 11.8. The molecule has 0 bridgehead atoms.